The van der Waals surface area contributed by atoms with Crippen molar-refractivity contribution in [3.63, 3.8) is 0 Å². The van der Waals surface area contributed by atoms with Crippen LogP contribution in [0.25, 0.3) is 10.9 Å². The Hall–Kier alpha value is -1.70. The zero-order chi connectivity index (χ0) is 16.9. The summed E-state index contributed by atoms with van der Waals surface area (Å²) in [5.41, 5.74) is 0.710. The highest BCUT2D eigenvalue weighted by Gasteiger charge is 2.11. The third-order valence-corrected chi connectivity index (χ3v) is 4.60. The van der Waals surface area contributed by atoms with Crippen LogP contribution in [0.3, 0.4) is 0 Å². The normalized spacial score (nSPS) is 15.5. The number of aromatic nitrogens is 1. The van der Waals surface area contributed by atoms with Crippen molar-refractivity contribution in [2.75, 3.05) is 39.4 Å². The highest BCUT2D eigenvalue weighted by Crippen LogP contribution is 2.17. The third kappa shape index (κ3) is 4.23. The standard InChI is InChI=1S/C17H20BrN3O3/c18-13-1-2-14-15(11-13)21(5-3-16(14)22)12-17(23)19-4-6-20-7-9-24-10-8-20/h1-3,5,11H,4,6-10,12H2,(H,19,23). The number of nitrogens with zero attached hydrogens (tertiary/aromatic N) is 2. The van der Waals surface area contributed by atoms with Crippen LogP contribution in [-0.4, -0.2) is 54.8 Å². The van der Waals surface area contributed by atoms with Gasteiger partial charge in [-0.05, 0) is 18.2 Å². The fraction of sp³-hybridized carbons (Fsp3) is 0.412. The second-order valence-electron chi connectivity index (χ2n) is 5.77. The summed E-state index contributed by atoms with van der Waals surface area (Å²) >= 11 is 3.41. The van der Waals surface area contributed by atoms with Crippen molar-refractivity contribution in [3.8, 4) is 0 Å². The maximum Gasteiger partial charge on any atom is 0.239 e. The van der Waals surface area contributed by atoms with Gasteiger partial charge in [0.15, 0.2) is 5.43 Å². The summed E-state index contributed by atoms with van der Waals surface area (Å²) in [5.74, 6) is -0.0619. The summed E-state index contributed by atoms with van der Waals surface area (Å²) in [6, 6.07) is 6.96. The Morgan fingerprint density at radius 1 is 1.25 bits per heavy atom. The second-order valence-corrected chi connectivity index (χ2v) is 6.69. The number of morpholine rings is 1. The number of carbonyl (C=O) groups excluding carboxylic acids is 1. The van der Waals surface area contributed by atoms with Crippen LogP contribution < -0.4 is 10.7 Å². The Morgan fingerprint density at radius 2 is 2.04 bits per heavy atom. The predicted molar refractivity (Wildman–Crippen MR) is 96.2 cm³/mol. The topological polar surface area (TPSA) is 63.6 Å². The van der Waals surface area contributed by atoms with Gasteiger partial charge in [-0.3, -0.25) is 14.5 Å². The molecule has 0 saturated carbocycles. The number of carbonyl (C=O) groups is 1. The lowest BCUT2D eigenvalue weighted by Gasteiger charge is -2.26. The SMILES string of the molecule is O=C(Cn1ccc(=O)c2ccc(Br)cc21)NCCN1CCOCC1. The molecule has 1 amide bonds. The number of ether oxygens (including phenoxy) is 1. The number of hydrogen-bond donors (Lipinski definition) is 1. The maximum atomic E-state index is 12.2. The molecule has 6 nitrogen and oxygen atoms in total. The van der Waals surface area contributed by atoms with E-state index < -0.39 is 0 Å². The number of rotatable bonds is 5. The molecule has 2 heterocycles. The Labute approximate surface area is 148 Å². The smallest absolute Gasteiger partial charge is 0.239 e. The van der Waals surface area contributed by atoms with Gasteiger partial charge in [-0.15, -0.1) is 0 Å². The fourth-order valence-corrected chi connectivity index (χ4v) is 3.15. The molecule has 1 aromatic heterocycles. The number of benzene rings is 1. The lowest BCUT2D eigenvalue weighted by atomic mass is 10.2. The van der Waals surface area contributed by atoms with Crippen molar-refractivity contribution < 1.29 is 9.53 Å². The number of fused-ring (bicyclic) bond motifs is 1. The van der Waals surface area contributed by atoms with E-state index in [-0.39, 0.29) is 17.9 Å². The van der Waals surface area contributed by atoms with Crippen molar-refractivity contribution >= 4 is 32.7 Å². The molecule has 0 unspecified atom stereocenters. The number of hydrogen-bond acceptors (Lipinski definition) is 4. The van der Waals surface area contributed by atoms with Crippen molar-refractivity contribution in [2.24, 2.45) is 0 Å². The molecule has 1 aromatic carbocycles. The minimum absolute atomic E-state index is 0.0403. The van der Waals surface area contributed by atoms with Crippen molar-refractivity contribution in [1.82, 2.24) is 14.8 Å². The third-order valence-electron chi connectivity index (χ3n) is 4.11. The van der Waals surface area contributed by atoms with E-state index in [1.165, 1.54) is 6.07 Å². The summed E-state index contributed by atoms with van der Waals surface area (Å²) in [7, 11) is 0. The van der Waals surface area contributed by atoms with Gasteiger partial charge in [0.25, 0.3) is 0 Å². The average molecular weight is 394 g/mol. The number of nitrogens with one attached hydrogen (secondary N) is 1. The monoisotopic (exact) mass is 393 g/mol. The van der Waals surface area contributed by atoms with E-state index in [1.54, 1.807) is 16.8 Å². The van der Waals surface area contributed by atoms with Gasteiger partial charge < -0.3 is 14.6 Å². The van der Waals surface area contributed by atoms with Crippen LogP contribution in [0.5, 0.6) is 0 Å². The zero-order valence-electron chi connectivity index (χ0n) is 13.3. The van der Waals surface area contributed by atoms with Crippen LogP contribution in [0.2, 0.25) is 0 Å². The molecule has 0 radical (unpaired) electrons. The molecule has 2 aromatic rings. The summed E-state index contributed by atoms with van der Waals surface area (Å²) in [4.78, 5) is 26.4. The number of pyridine rings is 1. The Balaban J connectivity index is 1.62. The predicted octanol–water partition coefficient (Wildman–Crippen LogP) is 1.21. The molecular weight excluding hydrogens is 374 g/mol. The van der Waals surface area contributed by atoms with Crippen LogP contribution in [-0.2, 0) is 16.1 Å². The van der Waals surface area contributed by atoms with Crippen LogP contribution in [0.4, 0.5) is 0 Å². The molecule has 1 N–H and O–H groups in total. The summed E-state index contributed by atoms with van der Waals surface area (Å²) in [6.07, 6.45) is 1.67. The molecule has 0 aliphatic carbocycles. The molecule has 0 atom stereocenters. The van der Waals surface area contributed by atoms with Crippen molar-refractivity contribution in [2.45, 2.75) is 6.54 Å². The molecule has 0 bridgehead atoms. The van der Waals surface area contributed by atoms with Gasteiger partial charge in [-0.1, -0.05) is 15.9 Å². The molecule has 1 aliphatic rings. The van der Waals surface area contributed by atoms with E-state index in [9.17, 15) is 9.59 Å². The molecule has 0 spiro atoms. The first-order valence-corrected chi connectivity index (χ1v) is 8.78. The molecule has 3 rings (SSSR count). The molecule has 24 heavy (non-hydrogen) atoms. The van der Waals surface area contributed by atoms with Crippen molar-refractivity contribution in [1.29, 1.82) is 0 Å². The summed E-state index contributed by atoms with van der Waals surface area (Å²) < 4.78 is 7.98. The summed E-state index contributed by atoms with van der Waals surface area (Å²) in [6.45, 7) is 4.96. The minimum Gasteiger partial charge on any atom is -0.379 e. The van der Waals surface area contributed by atoms with Crippen LogP contribution in [0, 0.1) is 0 Å². The van der Waals surface area contributed by atoms with E-state index in [1.807, 2.05) is 12.1 Å². The van der Waals surface area contributed by atoms with Crippen LogP contribution >= 0.6 is 15.9 Å². The first-order valence-electron chi connectivity index (χ1n) is 7.99. The van der Waals surface area contributed by atoms with Crippen LogP contribution in [0.1, 0.15) is 0 Å². The van der Waals surface area contributed by atoms with Gasteiger partial charge in [-0.25, -0.2) is 0 Å². The number of amides is 1. The van der Waals surface area contributed by atoms with E-state index >= 15 is 0 Å². The maximum absolute atomic E-state index is 12.2. The summed E-state index contributed by atoms with van der Waals surface area (Å²) in [5, 5.41) is 3.55. The quantitative estimate of drug-likeness (QED) is 0.829. The minimum atomic E-state index is -0.0619. The molecule has 128 valence electrons. The first-order chi connectivity index (χ1) is 11.6. The Morgan fingerprint density at radius 3 is 2.83 bits per heavy atom. The molecule has 1 fully saturated rings. The first kappa shape index (κ1) is 17.1. The van der Waals surface area contributed by atoms with Gasteiger partial charge in [0, 0.05) is 48.3 Å². The lowest BCUT2D eigenvalue weighted by molar-refractivity contribution is -0.121. The van der Waals surface area contributed by atoms with Gasteiger partial charge in [0.05, 0.1) is 18.7 Å². The lowest BCUT2D eigenvalue weighted by Crippen LogP contribution is -2.41. The van der Waals surface area contributed by atoms with E-state index in [0.717, 1.165) is 42.8 Å². The highest BCUT2D eigenvalue weighted by molar-refractivity contribution is 9.10. The average Bonchev–Trinajstić information content (AvgIpc) is 2.58. The number of halogens is 1. The second kappa shape index (κ2) is 7.92. The molecular formula is C17H20BrN3O3. The van der Waals surface area contributed by atoms with E-state index in [0.29, 0.717) is 11.9 Å². The molecule has 1 aliphatic heterocycles. The van der Waals surface area contributed by atoms with Gasteiger partial charge >= 0.3 is 0 Å². The zero-order valence-corrected chi connectivity index (χ0v) is 14.9. The van der Waals surface area contributed by atoms with Gasteiger partial charge in [0.1, 0.15) is 6.54 Å². The largest absolute Gasteiger partial charge is 0.379 e. The van der Waals surface area contributed by atoms with Gasteiger partial charge in [0.2, 0.25) is 5.91 Å². The molecule has 7 heteroatoms. The Bertz CT molecular complexity index is 784. The van der Waals surface area contributed by atoms with E-state index in [2.05, 4.69) is 26.1 Å². The Kier molecular flexibility index (Phi) is 5.65. The van der Waals surface area contributed by atoms with Crippen molar-refractivity contribution in [3.05, 3.63) is 45.2 Å². The fourth-order valence-electron chi connectivity index (χ4n) is 2.81. The van der Waals surface area contributed by atoms with Crippen LogP contribution in [0.15, 0.2) is 39.7 Å². The molecule has 1 saturated heterocycles. The van der Waals surface area contributed by atoms with E-state index in [4.69, 9.17) is 4.74 Å². The highest BCUT2D eigenvalue weighted by atomic mass is 79.9. The van der Waals surface area contributed by atoms with Gasteiger partial charge in [-0.2, -0.15) is 0 Å².